The maximum absolute atomic E-state index is 12.4. The summed E-state index contributed by atoms with van der Waals surface area (Å²) < 4.78 is 33.0. The fourth-order valence-electron chi connectivity index (χ4n) is 2.02. The second-order valence-corrected chi connectivity index (χ2v) is 7.09. The van der Waals surface area contributed by atoms with E-state index in [0.717, 1.165) is 0 Å². The number of fused-ring (bicyclic) bond motifs is 1. The molecule has 114 valence electrons. The van der Waals surface area contributed by atoms with Crippen molar-refractivity contribution >= 4 is 43.2 Å². The number of ether oxygens (including phenoxy) is 1. The molecule has 8 heteroatoms. The smallest absolute Gasteiger partial charge is 0.263 e. The fraction of sp³-hybridized carbons (Fsp3) is 0.0714. The Hall–Kier alpha value is -2.06. The van der Waals surface area contributed by atoms with Gasteiger partial charge in [-0.05, 0) is 46.3 Å². The molecule has 0 aromatic heterocycles. The number of nitrogens with one attached hydrogen (secondary N) is 2. The topological polar surface area (TPSA) is 84.5 Å². The van der Waals surface area contributed by atoms with Gasteiger partial charge in [-0.15, -0.1) is 0 Å². The number of hydrogen-bond donors (Lipinski definition) is 2. The van der Waals surface area contributed by atoms with Crippen molar-refractivity contribution in [3.05, 3.63) is 46.9 Å². The van der Waals surface area contributed by atoms with E-state index in [9.17, 15) is 13.2 Å². The molecule has 1 amide bonds. The van der Waals surface area contributed by atoms with Gasteiger partial charge in [0.1, 0.15) is 10.6 Å². The van der Waals surface area contributed by atoms with E-state index >= 15 is 0 Å². The Kier molecular flexibility index (Phi) is 3.79. The molecule has 3 rings (SSSR count). The SMILES string of the molecule is O=C1COc2ccc(NS(=O)(=O)c3ccccc3Br)cc2N1. The molecule has 0 bridgehead atoms. The predicted molar refractivity (Wildman–Crippen MR) is 85.5 cm³/mol. The van der Waals surface area contributed by atoms with Gasteiger partial charge in [-0.25, -0.2) is 8.42 Å². The second-order valence-electron chi connectivity index (χ2n) is 4.58. The van der Waals surface area contributed by atoms with E-state index in [0.29, 0.717) is 21.6 Å². The van der Waals surface area contributed by atoms with Crippen molar-refractivity contribution in [3.63, 3.8) is 0 Å². The van der Waals surface area contributed by atoms with Crippen molar-refractivity contribution in [2.75, 3.05) is 16.6 Å². The van der Waals surface area contributed by atoms with Crippen molar-refractivity contribution in [1.82, 2.24) is 0 Å². The Bertz CT molecular complexity index is 852. The van der Waals surface area contributed by atoms with Gasteiger partial charge in [-0.3, -0.25) is 9.52 Å². The first-order chi connectivity index (χ1) is 10.5. The highest BCUT2D eigenvalue weighted by molar-refractivity contribution is 9.10. The molecular formula is C14H11BrN2O4S. The third kappa shape index (κ3) is 2.93. The molecule has 0 atom stereocenters. The van der Waals surface area contributed by atoms with Crippen LogP contribution in [-0.2, 0) is 14.8 Å². The van der Waals surface area contributed by atoms with E-state index in [2.05, 4.69) is 26.0 Å². The molecule has 22 heavy (non-hydrogen) atoms. The van der Waals surface area contributed by atoms with E-state index in [1.54, 1.807) is 30.3 Å². The highest BCUT2D eigenvalue weighted by Gasteiger charge is 2.20. The largest absolute Gasteiger partial charge is 0.482 e. The van der Waals surface area contributed by atoms with Crippen molar-refractivity contribution in [2.24, 2.45) is 0 Å². The molecule has 6 nitrogen and oxygen atoms in total. The zero-order valence-corrected chi connectivity index (χ0v) is 13.6. The van der Waals surface area contributed by atoms with Crippen LogP contribution in [0.1, 0.15) is 0 Å². The Labute approximate surface area is 135 Å². The zero-order valence-electron chi connectivity index (χ0n) is 11.2. The molecule has 0 unspecified atom stereocenters. The highest BCUT2D eigenvalue weighted by atomic mass is 79.9. The number of benzene rings is 2. The number of anilines is 2. The predicted octanol–water partition coefficient (Wildman–Crippen LogP) is 2.58. The van der Waals surface area contributed by atoms with Gasteiger partial charge in [0.2, 0.25) is 0 Å². The number of carbonyl (C=O) groups is 1. The summed E-state index contributed by atoms with van der Waals surface area (Å²) in [5, 5.41) is 2.63. The van der Waals surface area contributed by atoms with E-state index in [1.165, 1.54) is 12.1 Å². The zero-order chi connectivity index (χ0) is 15.7. The van der Waals surface area contributed by atoms with Crippen LogP contribution in [0.2, 0.25) is 0 Å². The van der Waals surface area contributed by atoms with Crippen LogP contribution < -0.4 is 14.8 Å². The Morgan fingerprint density at radius 2 is 1.95 bits per heavy atom. The van der Waals surface area contributed by atoms with E-state index in [4.69, 9.17) is 4.74 Å². The van der Waals surface area contributed by atoms with Crippen LogP contribution in [0.4, 0.5) is 11.4 Å². The molecule has 1 aliphatic rings. The van der Waals surface area contributed by atoms with Crippen molar-refractivity contribution in [1.29, 1.82) is 0 Å². The molecule has 0 spiro atoms. The lowest BCUT2D eigenvalue weighted by Crippen LogP contribution is -2.25. The first-order valence-corrected chi connectivity index (χ1v) is 8.57. The first-order valence-electron chi connectivity index (χ1n) is 6.30. The van der Waals surface area contributed by atoms with Crippen LogP contribution >= 0.6 is 15.9 Å². The van der Waals surface area contributed by atoms with Gasteiger partial charge in [-0.2, -0.15) is 0 Å². The van der Waals surface area contributed by atoms with Crippen molar-refractivity contribution in [2.45, 2.75) is 4.90 Å². The number of amides is 1. The molecule has 2 aromatic rings. The Morgan fingerprint density at radius 1 is 1.18 bits per heavy atom. The normalized spacial score (nSPS) is 13.8. The van der Waals surface area contributed by atoms with E-state index < -0.39 is 10.0 Å². The van der Waals surface area contributed by atoms with Crippen LogP contribution in [-0.4, -0.2) is 20.9 Å². The van der Waals surface area contributed by atoms with Gasteiger partial charge >= 0.3 is 0 Å². The Morgan fingerprint density at radius 3 is 2.73 bits per heavy atom. The van der Waals surface area contributed by atoms with E-state index in [-0.39, 0.29) is 17.4 Å². The average Bonchev–Trinajstić information content (AvgIpc) is 2.46. The quantitative estimate of drug-likeness (QED) is 0.854. The van der Waals surface area contributed by atoms with Crippen molar-refractivity contribution < 1.29 is 17.9 Å². The number of halogens is 1. The number of sulfonamides is 1. The summed E-state index contributed by atoms with van der Waals surface area (Å²) >= 11 is 3.22. The van der Waals surface area contributed by atoms with Gasteiger partial charge in [0.25, 0.3) is 15.9 Å². The second kappa shape index (κ2) is 5.62. The van der Waals surface area contributed by atoms with Crippen LogP contribution in [0.3, 0.4) is 0 Å². The minimum Gasteiger partial charge on any atom is -0.482 e. The summed E-state index contributed by atoms with van der Waals surface area (Å²) in [6.45, 7) is -0.0466. The summed E-state index contributed by atoms with van der Waals surface area (Å²) in [6, 6.07) is 11.2. The minimum atomic E-state index is -3.73. The molecule has 0 aliphatic carbocycles. The summed E-state index contributed by atoms with van der Waals surface area (Å²) in [7, 11) is -3.73. The monoisotopic (exact) mass is 382 g/mol. The lowest BCUT2D eigenvalue weighted by molar-refractivity contribution is -0.118. The molecule has 0 saturated carbocycles. The molecule has 0 radical (unpaired) electrons. The maximum atomic E-state index is 12.4. The third-order valence-electron chi connectivity index (χ3n) is 2.99. The molecular weight excluding hydrogens is 372 g/mol. The standard InChI is InChI=1S/C14H11BrN2O4S/c15-10-3-1-2-4-13(10)22(19,20)17-9-5-6-12-11(7-9)16-14(18)8-21-12/h1-7,17H,8H2,(H,16,18). The van der Waals surface area contributed by atoms with Crippen LogP contribution in [0.5, 0.6) is 5.75 Å². The summed E-state index contributed by atoms with van der Waals surface area (Å²) in [6.07, 6.45) is 0. The summed E-state index contributed by atoms with van der Waals surface area (Å²) in [4.78, 5) is 11.4. The molecule has 0 fully saturated rings. The molecule has 2 aromatic carbocycles. The van der Waals surface area contributed by atoms with Gasteiger partial charge in [-0.1, -0.05) is 12.1 Å². The maximum Gasteiger partial charge on any atom is 0.263 e. The molecule has 1 heterocycles. The summed E-state index contributed by atoms with van der Waals surface area (Å²) in [5.74, 6) is 0.224. The van der Waals surface area contributed by atoms with Crippen LogP contribution in [0, 0.1) is 0 Å². The van der Waals surface area contributed by atoms with E-state index in [1.807, 2.05) is 0 Å². The highest BCUT2D eigenvalue weighted by Crippen LogP contribution is 2.32. The van der Waals surface area contributed by atoms with Crippen molar-refractivity contribution in [3.8, 4) is 5.75 Å². The van der Waals surface area contributed by atoms with Crippen LogP contribution in [0.25, 0.3) is 0 Å². The average molecular weight is 383 g/mol. The third-order valence-corrected chi connectivity index (χ3v) is 5.38. The summed E-state index contributed by atoms with van der Waals surface area (Å²) in [5.41, 5.74) is 0.767. The minimum absolute atomic E-state index is 0.0466. The molecule has 1 aliphatic heterocycles. The number of hydrogen-bond acceptors (Lipinski definition) is 4. The lowest BCUT2D eigenvalue weighted by Gasteiger charge is -2.19. The van der Waals surface area contributed by atoms with Gasteiger partial charge in [0.15, 0.2) is 6.61 Å². The van der Waals surface area contributed by atoms with Gasteiger partial charge in [0.05, 0.1) is 11.4 Å². The fourth-order valence-corrected chi connectivity index (χ4v) is 4.07. The Balaban J connectivity index is 1.92. The molecule has 2 N–H and O–H groups in total. The number of rotatable bonds is 3. The molecule has 0 saturated heterocycles. The van der Waals surface area contributed by atoms with Gasteiger partial charge in [0, 0.05) is 4.47 Å². The lowest BCUT2D eigenvalue weighted by atomic mass is 10.2. The van der Waals surface area contributed by atoms with Gasteiger partial charge < -0.3 is 10.1 Å². The first kappa shape index (κ1) is 14.9. The van der Waals surface area contributed by atoms with Crippen LogP contribution in [0.15, 0.2) is 51.8 Å². The number of carbonyl (C=O) groups excluding carboxylic acids is 1.